The predicted octanol–water partition coefficient (Wildman–Crippen LogP) is 4.38. The Labute approximate surface area is 130 Å². The Kier molecular flexibility index (Phi) is 4.24. The number of halogens is 1. The molecule has 0 bridgehead atoms. The van der Waals surface area contributed by atoms with E-state index in [1.807, 2.05) is 12.1 Å². The maximum atomic E-state index is 8.87. The molecule has 0 aliphatic heterocycles. The first-order valence-corrected chi connectivity index (χ1v) is 7.65. The second-order valence-electron chi connectivity index (χ2n) is 5.44. The summed E-state index contributed by atoms with van der Waals surface area (Å²) in [5, 5.41) is 13.1. The van der Waals surface area contributed by atoms with E-state index < -0.39 is 0 Å². The van der Waals surface area contributed by atoms with Crippen LogP contribution in [0.1, 0.15) is 41.1 Å². The zero-order valence-electron chi connectivity index (χ0n) is 11.8. The van der Waals surface area contributed by atoms with E-state index in [2.05, 4.69) is 35.7 Å². The van der Waals surface area contributed by atoms with Crippen molar-refractivity contribution >= 4 is 11.6 Å². The van der Waals surface area contributed by atoms with Crippen molar-refractivity contribution in [1.82, 2.24) is 5.32 Å². The van der Waals surface area contributed by atoms with Crippen LogP contribution in [-0.2, 0) is 13.0 Å². The van der Waals surface area contributed by atoms with Crippen molar-refractivity contribution in [1.29, 1.82) is 5.26 Å². The molecule has 0 saturated carbocycles. The summed E-state index contributed by atoms with van der Waals surface area (Å²) in [6.07, 6.45) is 3.55. The van der Waals surface area contributed by atoms with Crippen LogP contribution < -0.4 is 5.32 Å². The fourth-order valence-corrected chi connectivity index (χ4v) is 3.21. The van der Waals surface area contributed by atoms with Crippen molar-refractivity contribution in [3.05, 3.63) is 69.7 Å². The molecule has 0 amide bonds. The number of hydrogen-bond donors (Lipinski definition) is 1. The number of nitriles is 1. The van der Waals surface area contributed by atoms with Crippen LogP contribution in [0.25, 0.3) is 0 Å². The normalized spacial score (nSPS) is 17.0. The molecular formula is C18H17ClN2. The Bertz CT molecular complexity index is 688. The third-order valence-electron chi connectivity index (χ3n) is 4.09. The largest absolute Gasteiger partial charge is 0.306 e. The molecule has 1 N–H and O–H groups in total. The van der Waals surface area contributed by atoms with Crippen molar-refractivity contribution in [2.45, 2.75) is 31.8 Å². The molecule has 0 fully saturated rings. The number of nitrogens with one attached hydrogen (secondary N) is 1. The monoisotopic (exact) mass is 296 g/mol. The number of aryl methyl sites for hydroxylation is 1. The van der Waals surface area contributed by atoms with Crippen molar-refractivity contribution in [2.75, 3.05) is 0 Å². The molecule has 1 aliphatic carbocycles. The van der Waals surface area contributed by atoms with E-state index in [9.17, 15) is 0 Å². The summed E-state index contributed by atoms with van der Waals surface area (Å²) in [6, 6.07) is 16.6. The summed E-state index contributed by atoms with van der Waals surface area (Å²) >= 11 is 6.23. The van der Waals surface area contributed by atoms with Gasteiger partial charge in [0.15, 0.2) is 0 Å². The molecule has 1 atom stereocenters. The van der Waals surface area contributed by atoms with Crippen LogP contribution in [-0.4, -0.2) is 0 Å². The van der Waals surface area contributed by atoms with Gasteiger partial charge in [-0.3, -0.25) is 0 Å². The number of hydrogen-bond acceptors (Lipinski definition) is 2. The summed E-state index contributed by atoms with van der Waals surface area (Å²) in [5.41, 5.74) is 4.51. The van der Waals surface area contributed by atoms with Gasteiger partial charge in [-0.1, -0.05) is 41.9 Å². The molecule has 1 unspecified atom stereocenters. The summed E-state index contributed by atoms with van der Waals surface area (Å²) in [6.45, 7) is 0.726. The van der Waals surface area contributed by atoms with Crippen LogP contribution in [0.3, 0.4) is 0 Å². The van der Waals surface area contributed by atoms with Crippen LogP contribution in [0, 0.1) is 11.3 Å². The summed E-state index contributed by atoms with van der Waals surface area (Å²) < 4.78 is 0. The number of rotatable bonds is 3. The smallest absolute Gasteiger partial charge is 0.0992 e. The highest BCUT2D eigenvalue weighted by Crippen LogP contribution is 2.30. The van der Waals surface area contributed by atoms with Crippen molar-refractivity contribution in [3.8, 4) is 6.07 Å². The van der Waals surface area contributed by atoms with Gasteiger partial charge < -0.3 is 5.32 Å². The van der Waals surface area contributed by atoms with Gasteiger partial charge in [-0.15, -0.1) is 0 Å². The van der Waals surface area contributed by atoms with Gasteiger partial charge in [0.2, 0.25) is 0 Å². The lowest BCUT2D eigenvalue weighted by Gasteiger charge is -2.26. The minimum absolute atomic E-state index is 0.390. The maximum Gasteiger partial charge on any atom is 0.0992 e. The highest BCUT2D eigenvalue weighted by Gasteiger charge is 2.19. The Morgan fingerprint density at radius 1 is 1.24 bits per heavy atom. The van der Waals surface area contributed by atoms with Gasteiger partial charge in [0.25, 0.3) is 0 Å². The molecule has 2 aromatic carbocycles. The molecule has 0 radical (unpaired) electrons. The number of fused-ring (bicyclic) bond motifs is 1. The second kappa shape index (κ2) is 6.30. The van der Waals surface area contributed by atoms with Gasteiger partial charge >= 0.3 is 0 Å². The lowest BCUT2D eigenvalue weighted by Crippen LogP contribution is -2.24. The topological polar surface area (TPSA) is 35.8 Å². The van der Waals surface area contributed by atoms with Crippen LogP contribution in [0.2, 0.25) is 5.02 Å². The lowest BCUT2D eigenvalue weighted by atomic mass is 9.87. The van der Waals surface area contributed by atoms with E-state index in [0.29, 0.717) is 16.6 Å². The highest BCUT2D eigenvalue weighted by molar-refractivity contribution is 6.31. The summed E-state index contributed by atoms with van der Waals surface area (Å²) in [4.78, 5) is 0. The number of benzene rings is 2. The minimum atomic E-state index is 0.390. The fourth-order valence-electron chi connectivity index (χ4n) is 2.96. The van der Waals surface area contributed by atoms with Crippen LogP contribution in [0.4, 0.5) is 0 Å². The fraction of sp³-hybridized carbons (Fsp3) is 0.278. The predicted molar refractivity (Wildman–Crippen MR) is 85.1 cm³/mol. The van der Waals surface area contributed by atoms with Gasteiger partial charge in [0, 0.05) is 17.6 Å². The average molecular weight is 297 g/mol. The molecule has 106 valence electrons. The molecule has 0 heterocycles. The van der Waals surface area contributed by atoms with Crippen LogP contribution in [0.5, 0.6) is 0 Å². The minimum Gasteiger partial charge on any atom is -0.306 e. The molecule has 21 heavy (non-hydrogen) atoms. The van der Waals surface area contributed by atoms with Crippen molar-refractivity contribution < 1.29 is 0 Å². The van der Waals surface area contributed by atoms with E-state index in [1.165, 1.54) is 24.0 Å². The third kappa shape index (κ3) is 3.10. The SMILES string of the molecule is N#Cc1ccc(CNC2CCCc3ccccc32)c(Cl)c1. The first kappa shape index (κ1) is 14.1. The van der Waals surface area contributed by atoms with E-state index in [4.69, 9.17) is 16.9 Å². The Morgan fingerprint density at radius 3 is 2.90 bits per heavy atom. The first-order valence-electron chi connectivity index (χ1n) is 7.27. The Morgan fingerprint density at radius 2 is 2.10 bits per heavy atom. The molecule has 2 nitrogen and oxygen atoms in total. The standard InChI is InChI=1S/C18H17ClN2/c19-17-10-13(11-20)8-9-15(17)12-21-18-7-3-5-14-4-1-2-6-16(14)18/h1-2,4,6,8-10,18,21H,3,5,7,12H2. The van der Waals surface area contributed by atoms with Gasteiger partial charge in [-0.2, -0.15) is 5.26 Å². The third-order valence-corrected chi connectivity index (χ3v) is 4.44. The van der Waals surface area contributed by atoms with Gasteiger partial charge in [-0.25, -0.2) is 0 Å². The van der Waals surface area contributed by atoms with E-state index in [0.717, 1.165) is 18.5 Å². The van der Waals surface area contributed by atoms with E-state index in [-0.39, 0.29) is 0 Å². The van der Waals surface area contributed by atoms with Crippen molar-refractivity contribution in [2.24, 2.45) is 0 Å². The molecule has 3 rings (SSSR count). The zero-order chi connectivity index (χ0) is 14.7. The molecule has 0 aromatic heterocycles. The van der Waals surface area contributed by atoms with Gasteiger partial charge in [0.05, 0.1) is 11.6 Å². The van der Waals surface area contributed by atoms with Crippen LogP contribution in [0.15, 0.2) is 42.5 Å². The van der Waals surface area contributed by atoms with Gasteiger partial charge in [-0.05, 0) is 48.1 Å². The lowest BCUT2D eigenvalue weighted by molar-refractivity contribution is 0.459. The Hall–Kier alpha value is -1.82. The second-order valence-corrected chi connectivity index (χ2v) is 5.85. The molecule has 2 aromatic rings. The average Bonchev–Trinajstić information content (AvgIpc) is 2.53. The quantitative estimate of drug-likeness (QED) is 0.912. The Balaban J connectivity index is 1.73. The summed E-state index contributed by atoms with van der Waals surface area (Å²) in [7, 11) is 0. The molecule has 1 aliphatic rings. The molecular weight excluding hydrogens is 280 g/mol. The zero-order valence-corrected chi connectivity index (χ0v) is 12.5. The van der Waals surface area contributed by atoms with E-state index >= 15 is 0 Å². The van der Waals surface area contributed by atoms with Crippen molar-refractivity contribution in [3.63, 3.8) is 0 Å². The maximum absolute atomic E-state index is 8.87. The highest BCUT2D eigenvalue weighted by atomic mass is 35.5. The van der Waals surface area contributed by atoms with E-state index in [1.54, 1.807) is 6.07 Å². The number of nitrogens with zero attached hydrogens (tertiary/aromatic N) is 1. The molecule has 0 saturated heterocycles. The van der Waals surface area contributed by atoms with Gasteiger partial charge in [0.1, 0.15) is 0 Å². The molecule has 0 spiro atoms. The summed E-state index contributed by atoms with van der Waals surface area (Å²) in [5.74, 6) is 0. The van der Waals surface area contributed by atoms with Crippen LogP contribution >= 0.6 is 11.6 Å². The first-order chi connectivity index (χ1) is 10.3. The molecule has 3 heteroatoms.